The molecule has 0 amide bonds. The molecule has 0 aromatic carbocycles. The molecule has 2 N–H and O–H groups in total. The number of imidazole rings is 1. The van der Waals surface area contributed by atoms with Gasteiger partial charge in [-0.1, -0.05) is 0 Å². The Morgan fingerprint density at radius 2 is 2.37 bits per heavy atom. The molecule has 0 spiro atoms. The summed E-state index contributed by atoms with van der Waals surface area (Å²) < 4.78 is 13.1. The minimum absolute atomic E-state index is 0.0730. The van der Waals surface area contributed by atoms with Gasteiger partial charge in [-0.3, -0.25) is 4.57 Å². The standard InChI is InChI=1S/C10H14N5O2PS/c11-9-8-10(13-4-12-9)15(5-14-8)7-2-1-6(17-7)3-16-18-19/h4-7,18-19H,1-3H2,(H2,11,12,13)/t6-,7+/m0/s1. The SMILES string of the molecule is Nc1ncnc2c1ncn2[C@H]1CC[C@@H](COPS)O1. The maximum absolute atomic E-state index is 5.92. The molecule has 3 heterocycles. The summed E-state index contributed by atoms with van der Waals surface area (Å²) in [5.74, 6) is 0.387. The van der Waals surface area contributed by atoms with E-state index in [1.807, 2.05) is 4.57 Å². The van der Waals surface area contributed by atoms with Gasteiger partial charge in [0, 0.05) is 0 Å². The summed E-state index contributed by atoms with van der Waals surface area (Å²) in [4.78, 5) is 12.4. The molecule has 3 rings (SSSR count). The van der Waals surface area contributed by atoms with E-state index in [9.17, 15) is 0 Å². The Morgan fingerprint density at radius 3 is 3.21 bits per heavy atom. The highest BCUT2D eigenvalue weighted by molar-refractivity contribution is 8.36. The van der Waals surface area contributed by atoms with E-state index >= 15 is 0 Å². The highest BCUT2D eigenvalue weighted by Gasteiger charge is 2.28. The molecule has 1 aliphatic rings. The molecule has 3 atom stereocenters. The van der Waals surface area contributed by atoms with Gasteiger partial charge in [0.15, 0.2) is 11.5 Å². The van der Waals surface area contributed by atoms with E-state index in [0.29, 0.717) is 23.6 Å². The van der Waals surface area contributed by atoms with Gasteiger partial charge in [-0.25, -0.2) is 15.0 Å². The van der Waals surface area contributed by atoms with Crippen LogP contribution in [-0.4, -0.2) is 32.2 Å². The van der Waals surface area contributed by atoms with E-state index in [0.717, 1.165) is 12.8 Å². The maximum atomic E-state index is 5.92. The molecule has 0 radical (unpaired) electrons. The minimum atomic E-state index is -0.0730. The van der Waals surface area contributed by atoms with Gasteiger partial charge in [-0.2, -0.15) is 0 Å². The fraction of sp³-hybridized carbons (Fsp3) is 0.500. The highest BCUT2D eigenvalue weighted by atomic mass is 32.7. The molecule has 102 valence electrons. The summed E-state index contributed by atoms with van der Waals surface area (Å²) in [6, 6.07) is 0. The van der Waals surface area contributed by atoms with E-state index < -0.39 is 0 Å². The molecular weight excluding hydrogens is 285 g/mol. The third-order valence-electron chi connectivity index (χ3n) is 3.12. The first-order valence-electron chi connectivity index (χ1n) is 5.89. The van der Waals surface area contributed by atoms with Gasteiger partial charge in [0.2, 0.25) is 0 Å². The van der Waals surface area contributed by atoms with Gasteiger partial charge < -0.3 is 15.0 Å². The first-order valence-corrected chi connectivity index (χ1v) is 8.08. The molecule has 19 heavy (non-hydrogen) atoms. The van der Waals surface area contributed by atoms with Gasteiger partial charge >= 0.3 is 0 Å². The average Bonchev–Trinajstić information content (AvgIpc) is 3.02. The lowest BCUT2D eigenvalue weighted by atomic mass is 10.2. The molecule has 0 saturated carbocycles. The lowest BCUT2D eigenvalue weighted by molar-refractivity contribution is -0.0132. The second-order valence-corrected chi connectivity index (χ2v) is 5.29. The maximum Gasteiger partial charge on any atom is 0.167 e. The normalized spacial score (nSPS) is 23.8. The van der Waals surface area contributed by atoms with E-state index in [4.69, 9.17) is 15.0 Å². The van der Waals surface area contributed by atoms with Crippen molar-refractivity contribution < 1.29 is 9.26 Å². The van der Waals surface area contributed by atoms with Crippen molar-refractivity contribution in [2.45, 2.75) is 25.2 Å². The third kappa shape index (κ3) is 2.53. The van der Waals surface area contributed by atoms with E-state index in [2.05, 4.69) is 27.2 Å². The zero-order chi connectivity index (χ0) is 13.2. The van der Waals surface area contributed by atoms with Crippen LogP contribution in [0.4, 0.5) is 5.82 Å². The smallest absolute Gasteiger partial charge is 0.167 e. The molecule has 1 aliphatic heterocycles. The average molecular weight is 299 g/mol. The summed E-state index contributed by atoms with van der Waals surface area (Å²) in [7, 11) is 0.190. The zero-order valence-electron chi connectivity index (χ0n) is 10.1. The number of fused-ring (bicyclic) bond motifs is 1. The van der Waals surface area contributed by atoms with Crippen LogP contribution < -0.4 is 5.73 Å². The number of nitrogens with two attached hydrogens (primary N) is 1. The van der Waals surface area contributed by atoms with Crippen LogP contribution in [0.1, 0.15) is 19.1 Å². The van der Waals surface area contributed by atoms with Crippen molar-refractivity contribution in [1.82, 2.24) is 19.5 Å². The monoisotopic (exact) mass is 299 g/mol. The summed E-state index contributed by atoms with van der Waals surface area (Å²) in [6.45, 7) is 0.572. The molecule has 1 unspecified atom stereocenters. The van der Waals surface area contributed by atoms with Crippen LogP contribution in [0.5, 0.6) is 0 Å². The first-order chi connectivity index (χ1) is 9.29. The largest absolute Gasteiger partial charge is 0.382 e. The van der Waals surface area contributed by atoms with E-state index in [1.165, 1.54) is 6.33 Å². The van der Waals surface area contributed by atoms with Gasteiger partial charge in [0.25, 0.3) is 0 Å². The Kier molecular flexibility index (Phi) is 3.83. The third-order valence-corrected chi connectivity index (χ3v) is 3.80. The van der Waals surface area contributed by atoms with Crippen LogP contribution in [0.15, 0.2) is 12.7 Å². The zero-order valence-corrected chi connectivity index (χ0v) is 12.0. The van der Waals surface area contributed by atoms with Crippen LogP contribution >= 0.6 is 20.3 Å². The highest BCUT2D eigenvalue weighted by Crippen LogP contribution is 2.32. The van der Waals surface area contributed by atoms with Crippen LogP contribution in [-0.2, 0) is 9.26 Å². The number of rotatable bonds is 4. The predicted molar refractivity (Wildman–Crippen MR) is 76.1 cm³/mol. The molecule has 2 aromatic rings. The Morgan fingerprint density at radius 1 is 1.47 bits per heavy atom. The number of hydrogen-bond acceptors (Lipinski definition) is 7. The van der Waals surface area contributed by atoms with Crippen molar-refractivity contribution >= 4 is 37.2 Å². The second kappa shape index (κ2) is 5.58. The summed E-state index contributed by atoms with van der Waals surface area (Å²) in [6.07, 6.45) is 5.01. The van der Waals surface area contributed by atoms with Crippen LogP contribution in [0.3, 0.4) is 0 Å². The number of thiol groups is 1. The van der Waals surface area contributed by atoms with Gasteiger partial charge in [-0.15, -0.1) is 12.2 Å². The lowest BCUT2D eigenvalue weighted by Crippen LogP contribution is -2.14. The Hall–Kier alpha value is -0.950. The van der Waals surface area contributed by atoms with Crippen molar-refractivity contribution in [3.63, 3.8) is 0 Å². The second-order valence-electron chi connectivity index (χ2n) is 4.28. The summed E-state index contributed by atoms with van der Waals surface area (Å²) in [5.41, 5.74) is 7.08. The summed E-state index contributed by atoms with van der Waals surface area (Å²) >= 11 is 4.04. The van der Waals surface area contributed by atoms with Crippen molar-refractivity contribution in [3.8, 4) is 0 Å². The first kappa shape index (κ1) is 13.1. The Labute approximate surface area is 116 Å². The molecule has 1 fully saturated rings. The van der Waals surface area contributed by atoms with Gasteiger partial charge in [0.1, 0.15) is 18.1 Å². The van der Waals surface area contributed by atoms with E-state index in [1.54, 1.807) is 6.33 Å². The minimum Gasteiger partial charge on any atom is -0.382 e. The number of anilines is 1. The van der Waals surface area contributed by atoms with Crippen molar-refractivity contribution in [1.29, 1.82) is 0 Å². The number of nitrogen functional groups attached to an aromatic ring is 1. The topological polar surface area (TPSA) is 88.1 Å². The molecular formula is C10H14N5O2PS. The van der Waals surface area contributed by atoms with Crippen molar-refractivity contribution in [2.24, 2.45) is 0 Å². The molecule has 7 nitrogen and oxygen atoms in total. The van der Waals surface area contributed by atoms with Gasteiger partial charge in [0.05, 0.1) is 27.0 Å². The number of hydrogen-bond donors (Lipinski definition) is 2. The molecule has 0 bridgehead atoms. The number of ether oxygens (including phenoxy) is 1. The summed E-state index contributed by atoms with van der Waals surface area (Å²) in [5, 5.41) is 0. The number of aromatic nitrogens is 4. The van der Waals surface area contributed by atoms with Crippen molar-refractivity contribution in [3.05, 3.63) is 12.7 Å². The van der Waals surface area contributed by atoms with Gasteiger partial charge in [-0.05, 0) is 12.8 Å². The molecule has 0 aliphatic carbocycles. The Bertz CT molecular complexity index is 580. The van der Waals surface area contributed by atoms with Crippen LogP contribution in [0.25, 0.3) is 11.2 Å². The van der Waals surface area contributed by atoms with Crippen LogP contribution in [0.2, 0.25) is 0 Å². The fourth-order valence-corrected chi connectivity index (χ4v) is 2.71. The quantitative estimate of drug-likeness (QED) is 0.657. The van der Waals surface area contributed by atoms with E-state index in [-0.39, 0.29) is 20.3 Å². The Balaban J connectivity index is 1.80. The predicted octanol–water partition coefficient (Wildman–Crippen LogP) is 1.54. The fourth-order valence-electron chi connectivity index (χ4n) is 2.22. The lowest BCUT2D eigenvalue weighted by Gasteiger charge is -2.14. The van der Waals surface area contributed by atoms with Crippen molar-refractivity contribution in [2.75, 3.05) is 12.3 Å². The number of nitrogens with zero attached hydrogens (tertiary/aromatic N) is 4. The molecule has 1 saturated heterocycles. The molecule has 9 heteroatoms. The molecule has 2 aromatic heterocycles. The van der Waals surface area contributed by atoms with Crippen LogP contribution in [0, 0.1) is 0 Å².